The van der Waals surface area contributed by atoms with Gasteiger partial charge < -0.3 is 25.5 Å². The van der Waals surface area contributed by atoms with Crippen molar-refractivity contribution in [3.63, 3.8) is 0 Å². The third-order valence-corrected chi connectivity index (χ3v) is 12.1. The van der Waals surface area contributed by atoms with Crippen LogP contribution in [-0.2, 0) is 9.59 Å². The fourth-order valence-electron chi connectivity index (χ4n) is 3.98. The maximum Gasteiger partial charge on any atom is 0.223 e. The number of carbonyl (C=O) groups is 2. The first-order chi connectivity index (χ1) is 21.0. The van der Waals surface area contributed by atoms with Gasteiger partial charge in [0.2, 0.25) is 11.8 Å². The van der Waals surface area contributed by atoms with Gasteiger partial charge in [0.05, 0.1) is 6.61 Å². The maximum atomic E-state index is 12.9. The molecule has 3 N–H and O–H groups in total. The normalized spacial score (nSPS) is 11.4. The average Bonchev–Trinajstić information content (AvgIpc) is 2.99. The van der Waals surface area contributed by atoms with Crippen molar-refractivity contribution >= 4 is 70.6 Å². The first kappa shape index (κ1) is 43.6. The van der Waals surface area contributed by atoms with E-state index in [2.05, 4.69) is 30.8 Å². The molecule has 0 aromatic carbocycles. The third-order valence-electron chi connectivity index (χ3n) is 6.54. The van der Waals surface area contributed by atoms with Gasteiger partial charge in [-0.25, -0.2) is 0 Å². The van der Waals surface area contributed by atoms with Crippen molar-refractivity contribution in [1.82, 2.24) is 14.7 Å². The fraction of sp³-hybridized carbons (Fsp3) is 0.935. The molecule has 0 fully saturated rings. The number of likely N-dealkylation sites (N-methyl/N-ethyl adjacent to an activating group) is 1. The molecule has 0 heterocycles. The number of thioether (sulfide) groups is 5. The predicted molar refractivity (Wildman–Crippen MR) is 202 cm³/mol. The first-order valence-electron chi connectivity index (χ1n) is 16.4. The Morgan fingerprint density at radius 2 is 0.977 bits per heavy atom. The zero-order valence-electron chi connectivity index (χ0n) is 27.6. The number of nitrogens with two attached hydrogens (primary N) is 1. The highest BCUT2D eigenvalue weighted by atomic mass is 32.2. The summed E-state index contributed by atoms with van der Waals surface area (Å²) < 4.78 is 0. The van der Waals surface area contributed by atoms with Gasteiger partial charge in [0.25, 0.3) is 0 Å². The van der Waals surface area contributed by atoms with Gasteiger partial charge in [-0.3, -0.25) is 9.59 Å². The number of amides is 2. The lowest BCUT2D eigenvalue weighted by atomic mass is 10.3. The summed E-state index contributed by atoms with van der Waals surface area (Å²) in [5, 5.41) is 9.40. The van der Waals surface area contributed by atoms with Crippen LogP contribution in [0.3, 0.4) is 0 Å². The van der Waals surface area contributed by atoms with Crippen LogP contribution in [0.15, 0.2) is 0 Å². The lowest BCUT2D eigenvalue weighted by Crippen LogP contribution is -2.37. The summed E-state index contributed by atoms with van der Waals surface area (Å²) in [6.45, 7) is 6.81. The van der Waals surface area contributed by atoms with E-state index in [1.807, 2.05) is 63.7 Å². The van der Waals surface area contributed by atoms with E-state index in [1.165, 1.54) is 30.8 Å². The van der Waals surface area contributed by atoms with Gasteiger partial charge in [-0.2, -0.15) is 58.8 Å². The summed E-state index contributed by atoms with van der Waals surface area (Å²) in [7, 11) is 4.13. The van der Waals surface area contributed by atoms with Crippen LogP contribution >= 0.6 is 58.8 Å². The van der Waals surface area contributed by atoms with E-state index < -0.39 is 0 Å². The molecule has 2 amide bonds. The summed E-state index contributed by atoms with van der Waals surface area (Å²) in [5.41, 5.74) is 5.52. The zero-order chi connectivity index (χ0) is 31.8. The van der Waals surface area contributed by atoms with E-state index in [9.17, 15) is 14.7 Å². The Kier molecular flexibility index (Phi) is 34.4. The highest BCUT2D eigenvalue weighted by molar-refractivity contribution is 8.00. The van der Waals surface area contributed by atoms with Crippen LogP contribution in [0.2, 0.25) is 0 Å². The zero-order valence-corrected chi connectivity index (χ0v) is 31.7. The molecule has 0 saturated carbocycles. The number of nitrogens with zero attached hydrogens (tertiary/aromatic N) is 3. The Labute approximate surface area is 286 Å². The van der Waals surface area contributed by atoms with E-state index in [4.69, 9.17) is 5.73 Å². The van der Waals surface area contributed by atoms with Crippen molar-refractivity contribution in [2.45, 2.75) is 64.7 Å². The highest BCUT2D eigenvalue weighted by Crippen LogP contribution is 2.14. The number of aliphatic hydroxyl groups is 1. The van der Waals surface area contributed by atoms with E-state index in [0.29, 0.717) is 25.3 Å². The molecule has 0 aliphatic rings. The minimum absolute atomic E-state index is 0.0251. The molecule has 0 aliphatic carbocycles. The molecule has 0 bridgehead atoms. The highest BCUT2D eigenvalue weighted by Gasteiger charge is 2.14. The van der Waals surface area contributed by atoms with E-state index in [1.54, 1.807) is 0 Å². The predicted octanol–water partition coefficient (Wildman–Crippen LogP) is 5.35. The number of carbonyl (C=O) groups excluding carboxylic acids is 2. The van der Waals surface area contributed by atoms with Crippen LogP contribution in [0.4, 0.5) is 0 Å². The molecular formula is C31H64N4O3S5. The van der Waals surface area contributed by atoms with Crippen LogP contribution in [0, 0.1) is 0 Å². The Morgan fingerprint density at radius 1 is 0.558 bits per heavy atom. The fourth-order valence-corrected chi connectivity index (χ4v) is 8.93. The van der Waals surface area contributed by atoms with Gasteiger partial charge in [-0.1, -0.05) is 13.3 Å². The van der Waals surface area contributed by atoms with Crippen molar-refractivity contribution in [3.8, 4) is 0 Å². The molecule has 0 aromatic rings. The molecule has 43 heavy (non-hydrogen) atoms. The van der Waals surface area contributed by atoms with Gasteiger partial charge in [0, 0.05) is 57.1 Å². The largest absolute Gasteiger partial charge is 0.395 e. The quantitative estimate of drug-likeness (QED) is 0.0874. The summed E-state index contributed by atoms with van der Waals surface area (Å²) >= 11 is 9.68. The molecule has 0 atom stereocenters. The Balaban J connectivity index is 3.92. The van der Waals surface area contributed by atoms with Crippen LogP contribution < -0.4 is 5.73 Å². The van der Waals surface area contributed by atoms with Crippen LogP contribution in [-0.4, -0.2) is 149 Å². The first-order valence-corrected chi connectivity index (χ1v) is 22.1. The Morgan fingerprint density at radius 3 is 1.42 bits per heavy atom. The SMILES string of the molecule is CCCCSCCCN(CCN(C)C)C(=O)CCSCCCSCCCN(CCO)C(=O)CCSCCCSCCCN. The van der Waals surface area contributed by atoms with Crippen molar-refractivity contribution < 1.29 is 14.7 Å². The number of unbranched alkanes of at least 4 members (excludes halogenated alkanes) is 1. The minimum atomic E-state index is 0.0251. The summed E-state index contributed by atoms with van der Waals surface area (Å²) in [6, 6.07) is 0. The third kappa shape index (κ3) is 29.7. The molecule has 7 nitrogen and oxygen atoms in total. The van der Waals surface area contributed by atoms with Gasteiger partial charge in [-0.05, 0) is 105 Å². The lowest BCUT2D eigenvalue weighted by Gasteiger charge is -2.24. The van der Waals surface area contributed by atoms with Crippen LogP contribution in [0.25, 0.3) is 0 Å². The van der Waals surface area contributed by atoms with Crippen molar-refractivity contribution in [2.24, 2.45) is 5.73 Å². The second-order valence-electron chi connectivity index (χ2n) is 10.8. The number of hydrogen-bond acceptors (Lipinski definition) is 10. The van der Waals surface area contributed by atoms with E-state index in [0.717, 1.165) is 104 Å². The van der Waals surface area contributed by atoms with Crippen molar-refractivity contribution in [2.75, 3.05) is 117 Å². The second-order valence-corrected chi connectivity index (χ2v) is 16.9. The van der Waals surface area contributed by atoms with Gasteiger partial charge >= 0.3 is 0 Å². The Bertz CT molecular complexity index is 638. The average molecular weight is 701 g/mol. The van der Waals surface area contributed by atoms with E-state index in [-0.39, 0.29) is 12.5 Å². The summed E-state index contributed by atoms with van der Waals surface area (Å²) in [5.74, 6) is 11.2. The van der Waals surface area contributed by atoms with Gasteiger partial charge in [0.1, 0.15) is 0 Å². The minimum Gasteiger partial charge on any atom is -0.395 e. The van der Waals surface area contributed by atoms with E-state index >= 15 is 0 Å². The maximum absolute atomic E-state index is 12.9. The van der Waals surface area contributed by atoms with Gasteiger partial charge in [0.15, 0.2) is 0 Å². The molecule has 12 heteroatoms. The summed E-state index contributed by atoms with van der Waals surface area (Å²) in [6.07, 6.45) is 9.18. The molecule has 256 valence electrons. The number of hydrogen-bond donors (Lipinski definition) is 2. The van der Waals surface area contributed by atoms with Crippen LogP contribution in [0.1, 0.15) is 64.7 Å². The number of rotatable bonds is 33. The second kappa shape index (κ2) is 33.9. The molecule has 0 unspecified atom stereocenters. The molecule has 0 aliphatic heterocycles. The van der Waals surface area contributed by atoms with Crippen molar-refractivity contribution in [1.29, 1.82) is 0 Å². The monoisotopic (exact) mass is 700 g/mol. The van der Waals surface area contributed by atoms with Crippen molar-refractivity contribution in [3.05, 3.63) is 0 Å². The topological polar surface area (TPSA) is 90.1 Å². The summed E-state index contributed by atoms with van der Waals surface area (Å²) in [4.78, 5) is 31.5. The lowest BCUT2D eigenvalue weighted by molar-refractivity contribution is -0.131. The molecule has 0 radical (unpaired) electrons. The van der Waals surface area contributed by atoms with Gasteiger partial charge in [-0.15, -0.1) is 0 Å². The smallest absolute Gasteiger partial charge is 0.223 e. The molecule has 0 aromatic heterocycles. The standard InChI is InChI=1S/C31H64N4O3S5/c1-4-5-20-39-22-7-14-34(17-16-33(2)3)30(37)11-28-42-27-10-25-41-23-8-15-35(18-19-36)31(38)12-29-43-26-9-24-40-21-6-13-32/h36H,4-29,32H2,1-3H3. The number of aliphatic hydroxyl groups excluding tert-OH is 1. The molecule has 0 saturated heterocycles. The molecule has 0 spiro atoms. The Hall–Kier alpha value is 0.570. The molecular weight excluding hydrogens is 637 g/mol. The molecule has 0 rings (SSSR count). The van der Waals surface area contributed by atoms with Crippen LogP contribution in [0.5, 0.6) is 0 Å².